The summed E-state index contributed by atoms with van der Waals surface area (Å²) >= 11 is 0. The van der Waals surface area contributed by atoms with Crippen molar-refractivity contribution >= 4 is 0 Å². The van der Waals surface area contributed by atoms with Crippen molar-refractivity contribution in [3.8, 4) is 0 Å². The summed E-state index contributed by atoms with van der Waals surface area (Å²) in [5.41, 5.74) is 0.435. The summed E-state index contributed by atoms with van der Waals surface area (Å²) in [5.74, 6) is 0. The fourth-order valence-corrected chi connectivity index (χ4v) is 4.12. The second kappa shape index (κ2) is 6.72. The Balaban J connectivity index is 2.14. The molecule has 0 aromatic carbocycles. The van der Waals surface area contributed by atoms with Gasteiger partial charge in [0.2, 0.25) is 0 Å². The average molecular weight is 250 g/mol. The Hall–Kier alpha value is -0.340. The van der Waals surface area contributed by atoms with Crippen molar-refractivity contribution in [2.45, 2.75) is 69.9 Å². The Labute approximate surface area is 113 Å². The van der Waals surface area contributed by atoms with Gasteiger partial charge >= 0.3 is 0 Å². The molecule has 1 heterocycles. The summed E-state index contributed by atoms with van der Waals surface area (Å²) in [4.78, 5) is 2.82. The molecule has 2 nitrogen and oxygen atoms in total. The molecule has 0 bridgehead atoms. The topological polar surface area (TPSA) is 15.3 Å². The molecule has 0 radical (unpaired) electrons. The molecule has 1 N–H and O–H groups in total. The number of rotatable bonds is 6. The van der Waals surface area contributed by atoms with Crippen LogP contribution in [0.25, 0.3) is 0 Å². The fourth-order valence-electron chi connectivity index (χ4n) is 4.12. The summed E-state index contributed by atoms with van der Waals surface area (Å²) in [6.45, 7) is 9.92. The van der Waals surface area contributed by atoms with Crippen molar-refractivity contribution in [1.29, 1.82) is 0 Å². The first-order valence-corrected chi connectivity index (χ1v) is 7.93. The van der Waals surface area contributed by atoms with E-state index < -0.39 is 0 Å². The van der Waals surface area contributed by atoms with E-state index in [9.17, 15) is 0 Å². The number of likely N-dealkylation sites (tertiary alicyclic amines) is 1. The third-order valence-corrected chi connectivity index (χ3v) is 4.96. The molecule has 2 fully saturated rings. The van der Waals surface area contributed by atoms with Gasteiger partial charge in [0.05, 0.1) is 0 Å². The van der Waals surface area contributed by atoms with Crippen LogP contribution in [0.15, 0.2) is 12.7 Å². The van der Waals surface area contributed by atoms with Crippen LogP contribution in [-0.2, 0) is 0 Å². The van der Waals surface area contributed by atoms with Gasteiger partial charge in [-0.25, -0.2) is 0 Å². The molecular weight excluding hydrogens is 220 g/mol. The Kier molecular flexibility index (Phi) is 5.25. The van der Waals surface area contributed by atoms with Crippen molar-refractivity contribution < 1.29 is 0 Å². The van der Waals surface area contributed by atoms with E-state index in [2.05, 4.69) is 29.8 Å². The van der Waals surface area contributed by atoms with E-state index in [1.54, 1.807) is 0 Å². The number of hydrogen-bond acceptors (Lipinski definition) is 2. The third-order valence-electron chi connectivity index (χ3n) is 4.96. The SMILES string of the molecule is C=CCC(NCC)C1(N2CCCCC2)CCCC1. The zero-order valence-corrected chi connectivity index (χ0v) is 12.1. The largest absolute Gasteiger partial charge is 0.312 e. The lowest BCUT2D eigenvalue weighted by Crippen LogP contribution is -2.60. The van der Waals surface area contributed by atoms with Crippen molar-refractivity contribution in [3.63, 3.8) is 0 Å². The molecule has 1 unspecified atom stereocenters. The summed E-state index contributed by atoms with van der Waals surface area (Å²) in [6, 6.07) is 0.612. The highest BCUT2D eigenvalue weighted by molar-refractivity contribution is 5.05. The molecule has 0 aromatic heterocycles. The van der Waals surface area contributed by atoms with E-state index in [1.165, 1.54) is 58.0 Å². The minimum absolute atomic E-state index is 0.435. The summed E-state index contributed by atoms with van der Waals surface area (Å²) < 4.78 is 0. The van der Waals surface area contributed by atoms with Crippen LogP contribution in [0.5, 0.6) is 0 Å². The average Bonchev–Trinajstić information content (AvgIpc) is 2.90. The van der Waals surface area contributed by atoms with Crippen LogP contribution in [0, 0.1) is 0 Å². The molecule has 1 atom stereocenters. The number of hydrogen-bond donors (Lipinski definition) is 1. The van der Waals surface area contributed by atoms with E-state index in [-0.39, 0.29) is 0 Å². The maximum Gasteiger partial charge on any atom is 0.0365 e. The van der Waals surface area contributed by atoms with Crippen molar-refractivity contribution in [2.75, 3.05) is 19.6 Å². The van der Waals surface area contributed by atoms with Gasteiger partial charge in [-0.15, -0.1) is 6.58 Å². The second-order valence-corrected chi connectivity index (χ2v) is 5.99. The minimum Gasteiger partial charge on any atom is -0.312 e. The lowest BCUT2D eigenvalue weighted by Gasteiger charge is -2.48. The molecule has 0 aromatic rings. The molecule has 2 aliphatic rings. The Morgan fingerprint density at radius 1 is 1.17 bits per heavy atom. The van der Waals surface area contributed by atoms with Gasteiger partial charge in [-0.3, -0.25) is 4.90 Å². The zero-order chi connectivity index (χ0) is 12.8. The van der Waals surface area contributed by atoms with Crippen LogP contribution in [0.2, 0.25) is 0 Å². The van der Waals surface area contributed by atoms with Gasteiger partial charge in [0, 0.05) is 11.6 Å². The molecule has 18 heavy (non-hydrogen) atoms. The predicted molar refractivity (Wildman–Crippen MR) is 78.9 cm³/mol. The quantitative estimate of drug-likeness (QED) is 0.727. The maximum absolute atomic E-state index is 3.97. The lowest BCUT2D eigenvalue weighted by molar-refractivity contribution is 0.0379. The highest BCUT2D eigenvalue weighted by Gasteiger charge is 2.45. The van der Waals surface area contributed by atoms with E-state index in [0.29, 0.717) is 11.6 Å². The second-order valence-electron chi connectivity index (χ2n) is 5.99. The van der Waals surface area contributed by atoms with Crippen LogP contribution < -0.4 is 5.32 Å². The van der Waals surface area contributed by atoms with Crippen molar-refractivity contribution in [3.05, 3.63) is 12.7 Å². The standard InChI is InChI=1S/C16H30N2/c1-3-10-15(17-4-2)16(11-6-7-12-16)18-13-8-5-9-14-18/h3,15,17H,1,4-14H2,2H3. The summed E-state index contributed by atoms with van der Waals surface area (Å²) in [5, 5.41) is 3.75. The van der Waals surface area contributed by atoms with Crippen LogP contribution in [0.3, 0.4) is 0 Å². The van der Waals surface area contributed by atoms with E-state index in [1.807, 2.05) is 0 Å². The molecule has 1 saturated carbocycles. The highest BCUT2D eigenvalue weighted by atomic mass is 15.2. The Morgan fingerprint density at radius 3 is 2.39 bits per heavy atom. The monoisotopic (exact) mass is 250 g/mol. The number of piperidine rings is 1. The smallest absolute Gasteiger partial charge is 0.0365 e. The Morgan fingerprint density at radius 2 is 1.83 bits per heavy atom. The first-order chi connectivity index (χ1) is 8.83. The molecule has 2 rings (SSSR count). The summed E-state index contributed by atoms with van der Waals surface area (Å²) in [7, 11) is 0. The number of likely N-dealkylation sites (N-methyl/N-ethyl adjacent to an activating group) is 1. The molecular formula is C16H30N2. The first kappa shape index (κ1) is 14.1. The highest BCUT2D eigenvalue weighted by Crippen LogP contribution is 2.40. The van der Waals surface area contributed by atoms with Gasteiger partial charge in [0.15, 0.2) is 0 Å². The molecule has 1 saturated heterocycles. The van der Waals surface area contributed by atoms with Crippen LogP contribution in [0.1, 0.15) is 58.3 Å². The van der Waals surface area contributed by atoms with E-state index in [4.69, 9.17) is 0 Å². The van der Waals surface area contributed by atoms with Gasteiger partial charge in [0.25, 0.3) is 0 Å². The van der Waals surface area contributed by atoms with E-state index in [0.717, 1.165) is 13.0 Å². The lowest BCUT2D eigenvalue weighted by atomic mass is 9.82. The van der Waals surface area contributed by atoms with Crippen LogP contribution in [-0.4, -0.2) is 36.1 Å². The van der Waals surface area contributed by atoms with Crippen molar-refractivity contribution in [1.82, 2.24) is 10.2 Å². The van der Waals surface area contributed by atoms with Crippen molar-refractivity contribution in [2.24, 2.45) is 0 Å². The van der Waals surface area contributed by atoms with Gasteiger partial charge < -0.3 is 5.32 Å². The van der Waals surface area contributed by atoms with Crippen LogP contribution >= 0.6 is 0 Å². The first-order valence-electron chi connectivity index (χ1n) is 7.93. The third kappa shape index (κ3) is 2.80. The van der Waals surface area contributed by atoms with Gasteiger partial charge in [0.1, 0.15) is 0 Å². The normalized spacial score (nSPS) is 26.1. The predicted octanol–water partition coefficient (Wildman–Crippen LogP) is 3.34. The zero-order valence-electron chi connectivity index (χ0n) is 12.1. The molecule has 104 valence electrons. The van der Waals surface area contributed by atoms with E-state index >= 15 is 0 Å². The minimum atomic E-state index is 0.435. The van der Waals surface area contributed by atoms with Crippen LogP contribution in [0.4, 0.5) is 0 Å². The Bertz CT molecular complexity index is 250. The fraction of sp³-hybridized carbons (Fsp3) is 0.875. The van der Waals surface area contributed by atoms with Gasteiger partial charge in [-0.2, -0.15) is 0 Å². The molecule has 1 aliphatic carbocycles. The molecule has 0 amide bonds. The molecule has 0 spiro atoms. The molecule has 2 heteroatoms. The maximum atomic E-state index is 3.97. The summed E-state index contributed by atoms with van der Waals surface area (Å²) in [6.07, 6.45) is 13.0. The molecule has 1 aliphatic heterocycles. The number of nitrogens with one attached hydrogen (secondary N) is 1. The number of nitrogens with zero attached hydrogens (tertiary/aromatic N) is 1. The van der Waals surface area contributed by atoms with Gasteiger partial charge in [-0.05, 0) is 51.7 Å². The van der Waals surface area contributed by atoms with Gasteiger partial charge in [-0.1, -0.05) is 32.3 Å².